The molecule has 5 nitrogen and oxygen atoms in total. The molecule has 0 unspecified atom stereocenters. The van der Waals surface area contributed by atoms with Gasteiger partial charge in [-0.05, 0) is 50.6 Å². The molecule has 0 aliphatic heterocycles. The van der Waals surface area contributed by atoms with Crippen molar-refractivity contribution >= 4 is 5.91 Å². The second kappa shape index (κ2) is 8.63. The third-order valence-electron chi connectivity index (χ3n) is 3.00. The number of nitrogen functional groups attached to an aromatic ring is 1. The lowest BCUT2D eigenvalue weighted by Crippen LogP contribution is -2.29. The minimum atomic E-state index is -0.274. The fraction of sp³-hybridized carbons (Fsp3) is 0.500. The van der Waals surface area contributed by atoms with Gasteiger partial charge in [-0.3, -0.25) is 10.2 Å². The summed E-state index contributed by atoms with van der Waals surface area (Å²) in [6.07, 6.45) is 3.01. The fourth-order valence-corrected chi connectivity index (χ4v) is 1.91. The first-order valence-corrected chi connectivity index (χ1v) is 6.56. The largest absolute Gasteiger partial charge is 0.396 e. The number of unbranched alkanes of at least 4 members (excludes halogenated alkanes) is 2. The SMILES string of the molecule is CN(CCCCCO)Cc1ccc(C(=O)NN)cc1. The third-order valence-corrected chi connectivity index (χ3v) is 3.00. The van der Waals surface area contributed by atoms with E-state index in [1.54, 1.807) is 12.1 Å². The van der Waals surface area contributed by atoms with Crippen LogP contribution in [0.2, 0.25) is 0 Å². The van der Waals surface area contributed by atoms with Crippen molar-refractivity contribution in [1.29, 1.82) is 0 Å². The second-order valence-corrected chi connectivity index (χ2v) is 4.69. The van der Waals surface area contributed by atoms with Crippen LogP contribution in [0.25, 0.3) is 0 Å². The molecule has 106 valence electrons. The summed E-state index contributed by atoms with van der Waals surface area (Å²) in [5, 5.41) is 8.70. The van der Waals surface area contributed by atoms with Gasteiger partial charge in [0.05, 0.1) is 0 Å². The Morgan fingerprint density at radius 3 is 2.53 bits per heavy atom. The predicted molar refractivity (Wildman–Crippen MR) is 75.4 cm³/mol. The van der Waals surface area contributed by atoms with Crippen LogP contribution in [0.5, 0.6) is 0 Å². The maximum atomic E-state index is 11.3. The first-order chi connectivity index (χ1) is 9.17. The van der Waals surface area contributed by atoms with Crippen LogP contribution in [-0.4, -0.2) is 36.1 Å². The topological polar surface area (TPSA) is 78.6 Å². The third kappa shape index (κ3) is 5.83. The lowest BCUT2D eigenvalue weighted by molar-refractivity contribution is 0.0953. The highest BCUT2D eigenvalue weighted by Crippen LogP contribution is 2.07. The van der Waals surface area contributed by atoms with Crippen LogP contribution in [0.3, 0.4) is 0 Å². The molecular formula is C14H23N3O2. The summed E-state index contributed by atoms with van der Waals surface area (Å²) in [6.45, 7) is 2.13. The van der Waals surface area contributed by atoms with Crippen LogP contribution in [0.4, 0.5) is 0 Å². The molecule has 1 rings (SSSR count). The number of benzene rings is 1. The molecule has 0 bridgehead atoms. The number of nitrogens with one attached hydrogen (secondary N) is 1. The first-order valence-electron chi connectivity index (χ1n) is 6.56. The van der Waals surface area contributed by atoms with Gasteiger partial charge in [-0.15, -0.1) is 0 Å². The van der Waals surface area contributed by atoms with Crippen LogP contribution in [-0.2, 0) is 6.54 Å². The quantitative estimate of drug-likeness (QED) is 0.282. The van der Waals surface area contributed by atoms with Gasteiger partial charge in [0, 0.05) is 18.7 Å². The summed E-state index contributed by atoms with van der Waals surface area (Å²) in [5.74, 6) is 4.80. The van der Waals surface area contributed by atoms with Crippen molar-refractivity contribution in [3.63, 3.8) is 0 Å². The Bertz CT molecular complexity index is 379. The van der Waals surface area contributed by atoms with Gasteiger partial charge in [0.15, 0.2) is 0 Å². The minimum Gasteiger partial charge on any atom is -0.396 e. The number of hydrogen-bond acceptors (Lipinski definition) is 4. The highest BCUT2D eigenvalue weighted by atomic mass is 16.2. The van der Waals surface area contributed by atoms with Crippen molar-refractivity contribution in [1.82, 2.24) is 10.3 Å². The Hall–Kier alpha value is -1.43. The van der Waals surface area contributed by atoms with Crippen LogP contribution in [0, 0.1) is 0 Å². The van der Waals surface area contributed by atoms with E-state index in [-0.39, 0.29) is 12.5 Å². The average Bonchev–Trinajstić information content (AvgIpc) is 2.43. The van der Waals surface area contributed by atoms with Gasteiger partial charge < -0.3 is 10.0 Å². The molecule has 1 aromatic rings. The molecule has 4 N–H and O–H groups in total. The molecule has 0 saturated heterocycles. The fourth-order valence-electron chi connectivity index (χ4n) is 1.91. The zero-order valence-electron chi connectivity index (χ0n) is 11.4. The highest BCUT2D eigenvalue weighted by molar-refractivity contribution is 5.93. The van der Waals surface area contributed by atoms with Crippen molar-refractivity contribution in [3.8, 4) is 0 Å². The predicted octanol–water partition coefficient (Wildman–Crippen LogP) is 0.884. The van der Waals surface area contributed by atoms with Gasteiger partial charge in [-0.1, -0.05) is 12.1 Å². The molecule has 0 atom stereocenters. The molecule has 0 fully saturated rings. The van der Waals surface area contributed by atoms with E-state index in [1.807, 2.05) is 12.1 Å². The maximum absolute atomic E-state index is 11.3. The number of hydrogen-bond donors (Lipinski definition) is 3. The Morgan fingerprint density at radius 1 is 1.26 bits per heavy atom. The first kappa shape index (κ1) is 15.6. The summed E-state index contributed by atoms with van der Waals surface area (Å²) in [4.78, 5) is 13.5. The molecule has 0 aliphatic carbocycles. The monoisotopic (exact) mass is 265 g/mol. The molecule has 0 heterocycles. The van der Waals surface area contributed by atoms with Crippen LogP contribution < -0.4 is 11.3 Å². The van der Waals surface area contributed by atoms with Crippen molar-refractivity contribution in [2.75, 3.05) is 20.2 Å². The van der Waals surface area contributed by atoms with Gasteiger partial charge in [-0.25, -0.2) is 5.84 Å². The molecule has 5 heteroatoms. The highest BCUT2D eigenvalue weighted by Gasteiger charge is 2.04. The second-order valence-electron chi connectivity index (χ2n) is 4.69. The molecule has 0 radical (unpaired) electrons. The minimum absolute atomic E-state index is 0.272. The van der Waals surface area contributed by atoms with E-state index in [9.17, 15) is 4.79 Å². The maximum Gasteiger partial charge on any atom is 0.265 e. The van der Waals surface area contributed by atoms with Gasteiger partial charge in [-0.2, -0.15) is 0 Å². The van der Waals surface area contributed by atoms with Crippen molar-refractivity contribution < 1.29 is 9.90 Å². The summed E-state index contributed by atoms with van der Waals surface area (Å²) < 4.78 is 0. The zero-order chi connectivity index (χ0) is 14.1. The number of hydrazine groups is 1. The Labute approximate surface area is 114 Å². The summed E-state index contributed by atoms with van der Waals surface area (Å²) in [6, 6.07) is 7.43. The number of nitrogens with two attached hydrogens (primary N) is 1. The van der Waals surface area contributed by atoms with Gasteiger partial charge in [0.1, 0.15) is 0 Å². The number of aliphatic hydroxyl groups is 1. The number of carbonyl (C=O) groups excluding carboxylic acids is 1. The van der Waals surface area contributed by atoms with E-state index in [4.69, 9.17) is 10.9 Å². The molecule has 1 aromatic carbocycles. The lowest BCUT2D eigenvalue weighted by Gasteiger charge is -2.16. The van der Waals surface area contributed by atoms with Crippen molar-refractivity contribution in [2.24, 2.45) is 5.84 Å². The van der Waals surface area contributed by atoms with E-state index >= 15 is 0 Å². The van der Waals surface area contributed by atoms with Gasteiger partial charge in [0.2, 0.25) is 0 Å². The van der Waals surface area contributed by atoms with Crippen molar-refractivity contribution in [2.45, 2.75) is 25.8 Å². The standard InChI is InChI=1S/C14H23N3O2/c1-17(9-3-2-4-10-18)11-12-5-7-13(8-6-12)14(19)16-15/h5-8,18H,2-4,9-11,15H2,1H3,(H,16,19). The van der Waals surface area contributed by atoms with Crippen molar-refractivity contribution in [3.05, 3.63) is 35.4 Å². The number of carbonyl (C=O) groups is 1. The van der Waals surface area contributed by atoms with E-state index in [2.05, 4.69) is 17.4 Å². The molecule has 0 spiro atoms. The van der Waals surface area contributed by atoms with Gasteiger partial charge in [0.25, 0.3) is 5.91 Å². The van der Waals surface area contributed by atoms with Crippen LogP contribution in [0.15, 0.2) is 24.3 Å². The Morgan fingerprint density at radius 2 is 1.95 bits per heavy atom. The Kier molecular flexibility index (Phi) is 7.10. The number of aliphatic hydroxyl groups excluding tert-OH is 1. The van der Waals surface area contributed by atoms with Crippen LogP contribution in [0.1, 0.15) is 35.2 Å². The molecule has 0 saturated carbocycles. The van der Waals surface area contributed by atoms with E-state index < -0.39 is 0 Å². The average molecular weight is 265 g/mol. The van der Waals surface area contributed by atoms with Gasteiger partial charge >= 0.3 is 0 Å². The van der Waals surface area contributed by atoms with E-state index in [0.29, 0.717) is 5.56 Å². The smallest absolute Gasteiger partial charge is 0.265 e. The summed E-state index contributed by atoms with van der Waals surface area (Å²) >= 11 is 0. The molecule has 1 amide bonds. The zero-order valence-corrected chi connectivity index (χ0v) is 11.4. The number of nitrogens with zero attached hydrogens (tertiary/aromatic N) is 1. The summed E-state index contributed by atoms with van der Waals surface area (Å²) in [5.41, 5.74) is 3.84. The Balaban J connectivity index is 2.38. The lowest BCUT2D eigenvalue weighted by atomic mass is 10.1. The van der Waals surface area contributed by atoms with E-state index in [1.165, 1.54) is 5.56 Å². The number of rotatable bonds is 8. The number of amides is 1. The normalized spacial score (nSPS) is 10.7. The molecule has 0 aromatic heterocycles. The molecular weight excluding hydrogens is 242 g/mol. The van der Waals surface area contributed by atoms with Crippen LogP contribution >= 0.6 is 0 Å². The van der Waals surface area contributed by atoms with E-state index in [0.717, 1.165) is 32.4 Å². The molecule has 0 aliphatic rings. The molecule has 19 heavy (non-hydrogen) atoms. The summed E-state index contributed by atoms with van der Waals surface area (Å²) in [7, 11) is 2.07.